The van der Waals surface area contributed by atoms with Crippen LogP contribution in [0, 0.1) is 5.92 Å². The van der Waals surface area contributed by atoms with Crippen LogP contribution in [-0.2, 0) is 6.54 Å². The Hall–Kier alpha value is -1.03. The molecule has 0 amide bonds. The zero-order valence-electron chi connectivity index (χ0n) is 10.5. The molecule has 2 heterocycles. The molecule has 1 aliphatic heterocycles. The largest absolute Gasteiger partial charge is 0.361 e. The number of halogens is 1. The lowest BCUT2D eigenvalue weighted by Crippen LogP contribution is -2.28. The van der Waals surface area contributed by atoms with Crippen LogP contribution in [0.1, 0.15) is 12.5 Å². The molecule has 1 aromatic heterocycles. The molecule has 0 spiro atoms. The number of nitrogens with zero attached hydrogens (tertiary/aromatic N) is 1. The summed E-state index contributed by atoms with van der Waals surface area (Å²) in [5.74, 6) is 0.588. The minimum Gasteiger partial charge on any atom is -0.361 e. The molecule has 2 atom stereocenters. The Labute approximate surface area is 112 Å². The van der Waals surface area contributed by atoms with Crippen LogP contribution in [-0.4, -0.2) is 29.0 Å². The molecule has 0 radical (unpaired) electrons. The SMILES string of the molecule is CC1CN(Cc2c[nH]c3cc(Cl)ccc23)CC1N. The molecule has 4 heteroatoms. The van der Waals surface area contributed by atoms with Gasteiger partial charge >= 0.3 is 0 Å². The number of H-pyrrole nitrogens is 1. The van der Waals surface area contributed by atoms with Crippen molar-refractivity contribution in [3.8, 4) is 0 Å². The first kappa shape index (κ1) is 12.0. The number of aromatic amines is 1. The molecule has 1 fully saturated rings. The van der Waals surface area contributed by atoms with E-state index in [0.717, 1.165) is 30.2 Å². The van der Waals surface area contributed by atoms with E-state index in [-0.39, 0.29) is 0 Å². The second-order valence-corrected chi connectivity index (χ2v) is 5.78. The highest BCUT2D eigenvalue weighted by molar-refractivity contribution is 6.31. The van der Waals surface area contributed by atoms with Crippen LogP contribution in [0.25, 0.3) is 10.9 Å². The lowest BCUT2D eigenvalue weighted by Gasteiger charge is -2.14. The smallest absolute Gasteiger partial charge is 0.0472 e. The van der Waals surface area contributed by atoms with Crippen molar-refractivity contribution < 1.29 is 0 Å². The second-order valence-electron chi connectivity index (χ2n) is 5.34. The average Bonchev–Trinajstić information content (AvgIpc) is 2.84. The standard InChI is InChI=1S/C14H18ClN3/c1-9-6-18(8-13(9)16)7-10-5-17-14-4-11(15)2-3-12(10)14/h2-5,9,13,17H,6-8,16H2,1H3. The van der Waals surface area contributed by atoms with E-state index in [1.54, 1.807) is 0 Å². The van der Waals surface area contributed by atoms with Gasteiger partial charge in [-0.3, -0.25) is 4.90 Å². The van der Waals surface area contributed by atoms with E-state index in [1.807, 2.05) is 12.1 Å². The lowest BCUT2D eigenvalue weighted by molar-refractivity contribution is 0.320. The van der Waals surface area contributed by atoms with Gasteiger partial charge in [-0.2, -0.15) is 0 Å². The molecule has 2 unspecified atom stereocenters. The van der Waals surface area contributed by atoms with Gasteiger partial charge in [-0.25, -0.2) is 0 Å². The Bertz CT molecular complexity index is 553. The molecule has 1 aromatic carbocycles. The quantitative estimate of drug-likeness (QED) is 0.875. The van der Waals surface area contributed by atoms with Gasteiger partial charge in [0.25, 0.3) is 0 Å². The number of benzene rings is 1. The Kier molecular flexibility index (Phi) is 3.06. The molecule has 3 nitrogen and oxygen atoms in total. The molecule has 0 bridgehead atoms. The third kappa shape index (κ3) is 2.14. The molecule has 2 aromatic rings. The van der Waals surface area contributed by atoms with E-state index < -0.39 is 0 Å². The van der Waals surface area contributed by atoms with Crippen molar-refractivity contribution in [1.82, 2.24) is 9.88 Å². The summed E-state index contributed by atoms with van der Waals surface area (Å²) in [6, 6.07) is 6.31. The molecule has 3 N–H and O–H groups in total. The van der Waals surface area contributed by atoms with Crippen LogP contribution >= 0.6 is 11.6 Å². The van der Waals surface area contributed by atoms with E-state index in [0.29, 0.717) is 12.0 Å². The van der Waals surface area contributed by atoms with E-state index in [2.05, 4.69) is 29.1 Å². The maximum absolute atomic E-state index is 6.06. The van der Waals surface area contributed by atoms with Gasteiger partial charge < -0.3 is 10.7 Å². The van der Waals surface area contributed by atoms with Gasteiger partial charge in [-0.05, 0) is 23.6 Å². The van der Waals surface area contributed by atoms with Crippen LogP contribution < -0.4 is 5.73 Å². The highest BCUT2D eigenvalue weighted by Crippen LogP contribution is 2.25. The van der Waals surface area contributed by atoms with E-state index in [9.17, 15) is 0 Å². The fourth-order valence-corrected chi connectivity index (χ4v) is 2.93. The van der Waals surface area contributed by atoms with Crippen molar-refractivity contribution in [3.05, 3.63) is 35.0 Å². The zero-order valence-corrected chi connectivity index (χ0v) is 11.2. The van der Waals surface area contributed by atoms with Crippen LogP contribution in [0.5, 0.6) is 0 Å². The number of likely N-dealkylation sites (tertiary alicyclic amines) is 1. The molecule has 3 rings (SSSR count). The van der Waals surface area contributed by atoms with Crippen LogP contribution in [0.2, 0.25) is 5.02 Å². The van der Waals surface area contributed by atoms with Crippen molar-refractivity contribution in [2.45, 2.75) is 19.5 Å². The Morgan fingerprint density at radius 3 is 3.00 bits per heavy atom. The Morgan fingerprint density at radius 2 is 2.28 bits per heavy atom. The number of rotatable bonds is 2. The first-order valence-electron chi connectivity index (χ1n) is 6.37. The van der Waals surface area contributed by atoms with Crippen molar-refractivity contribution >= 4 is 22.5 Å². The van der Waals surface area contributed by atoms with Crippen molar-refractivity contribution in [2.24, 2.45) is 11.7 Å². The lowest BCUT2D eigenvalue weighted by atomic mass is 10.1. The molecular formula is C14H18ClN3. The van der Waals surface area contributed by atoms with Crippen LogP contribution in [0.15, 0.2) is 24.4 Å². The zero-order chi connectivity index (χ0) is 12.7. The summed E-state index contributed by atoms with van der Waals surface area (Å²) >= 11 is 5.99. The number of nitrogens with one attached hydrogen (secondary N) is 1. The van der Waals surface area contributed by atoms with Crippen molar-refractivity contribution in [1.29, 1.82) is 0 Å². The van der Waals surface area contributed by atoms with Gasteiger partial charge in [-0.1, -0.05) is 24.6 Å². The van der Waals surface area contributed by atoms with Crippen LogP contribution in [0.4, 0.5) is 0 Å². The number of hydrogen-bond donors (Lipinski definition) is 2. The number of fused-ring (bicyclic) bond motifs is 1. The van der Waals surface area contributed by atoms with Crippen LogP contribution in [0.3, 0.4) is 0 Å². The molecule has 0 aliphatic carbocycles. The normalized spacial score (nSPS) is 25.1. The van der Waals surface area contributed by atoms with Gasteiger partial charge in [0.2, 0.25) is 0 Å². The first-order chi connectivity index (χ1) is 8.63. The number of hydrogen-bond acceptors (Lipinski definition) is 2. The predicted molar refractivity (Wildman–Crippen MR) is 75.7 cm³/mol. The summed E-state index contributed by atoms with van der Waals surface area (Å²) in [5, 5.41) is 2.03. The number of aromatic nitrogens is 1. The van der Waals surface area contributed by atoms with E-state index in [1.165, 1.54) is 10.9 Å². The Morgan fingerprint density at radius 1 is 1.44 bits per heavy atom. The number of nitrogens with two attached hydrogens (primary N) is 1. The topological polar surface area (TPSA) is 45.0 Å². The fourth-order valence-electron chi connectivity index (χ4n) is 2.75. The molecule has 96 valence electrons. The van der Waals surface area contributed by atoms with Crippen molar-refractivity contribution in [2.75, 3.05) is 13.1 Å². The summed E-state index contributed by atoms with van der Waals surface area (Å²) in [5.41, 5.74) is 8.49. The molecule has 1 aliphatic rings. The fraction of sp³-hybridized carbons (Fsp3) is 0.429. The van der Waals surface area contributed by atoms with Gasteiger partial charge in [0, 0.05) is 47.8 Å². The van der Waals surface area contributed by atoms with Gasteiger partial charge in [0.1, 0.15) is 0 Å². The maximum Gasteiger partial charge on any atom is 0.0472 e. The maximum atomic E-state index is 6.06. The summed E-state index contributed by atoms with van der Waals surface area (Å²) in [6.07, 6.45) is 2.08. The highest BCUT2D eigenvalue weighted by atomic mass is 35.5. The highest BCUT2D eigenvalue weighted by Gasteiger charge is 2.26. The third-order valence-corrected chi connectivity index (χ3v) is 4.10. The summed E-state index contributed by atoms with van der Waals surface area (Å²) in [7, 11) is 0. The summed E-state index contributed by atoms with van der Waals surface area (Å²) in [6.45, 7) is 5.25. The molecule has 18 heavy (non-hydrogen) atoms. The minimum atomic E-state index is 0.310. The van der Waals surface area contributed by atoms with Gasteiger partial charge in [-0.15, -0.1) is 0 Å². The molecular weight excluding hydrogens is 246 g/mol. The monoisotopic (exact) mass is 263 g/mol. The van der Waals surface area contributed by atoms with Gasteiger partial charge in [0.05, 0.1) is 0 Å². The van der Waals surface area contributed by atoms with Gasteiger partial charge in [0.15, 0.2) is 0 Å². The second kappa shape index (κ2) is 4.57. The minimum absolute atomic E-state index is 0.310. The summed E-state index contributed by atoms with van der Waals surface area (Å²) < 4.78 is 0. The average molecular weight is 264 g/mol. The first-order valence-corrected chi connectivity index (χ1v) is 6.75. The molecule has 1 saturated heterocycles. The Balaban J connectivity index is 1.83. The van der Waals surface area contributed by atoms with Crippen molar-refractivity contribution in [3.63, 3.8) is 0 Å². The molecule has 0 saturated carbocycles. The van der Waals surface area contributed by atoms with E-state index in [4.69, 9.17) is 17.3 Å². The van der Waals surface area contributed by atoms with E-state index >= 15 is 0 Å². The third-order valence-electron chi connectivity index (χ3n) is 3.87. The predicted octanol–water partition coefficient (Wildman–Crippen LogP) is 2.60. The summed E-state index contributed by atoms with van der Waals surface area (Å²) in [4.78, 5) is 5.71.